The number of pyridine rings is 1. The molecule has 184 valence electrons. The molecule has 2 aromatic rings. The van der Waals surface area contributed by atoms with Gasteiger partial charge in [-0.25, -0.2) is 4.98 Å². The zero-order valence-corrected chi connectivity index (χ0v) is 19.1. The highest BCUT2D eigenvalue weighted by Crippen LogP contribution is 2.29. The van der Waals surface area contributed by atoms with E-state index in [-0.39, 0.29) is 18.9 Å². The van der Waals surface area contributed by atoms with Gasteiger partial charge in [0.15, 0.2) is 0 Å². The molecule has 1 saturated heterocycles. The maximum Gasteiger partial charge on any atom is 0.416 e. The van der Waals surface area contributed by atoms with Gasteiger partial charge in [-0.3, -0.25) is 14.5 Å². The van der Waals surface area contributed by atoms with Gasteiger partial charge in [-0.15, -0.1) is 0 Å². The Hall–Kier alpha value is -3.14. The predicted molar refractivity (Wildman–Crippen MR) is 122 cm³/mol. The highest BCUT2D eigenvalue weighted by molar-refractivity contribution is 5.89. The van der Waals surface area contributed by atoms with E-state index in [2.05, 4.69) is 20.5 Å². The third kappa shape index (κ3) is 7.18. The van der Waals surface area contributed by atoms with Crippen molar-refractivity contribution in [1.29, 1.82) is 0 Å². The Morgan fingerprint density at radius 2 is 1.82 bits per heavy atom. The molecule has 2 atom stereocenters. The first-order valence-electron chi connectivity index (χ1n) is 11.3. The predicted octanol–water partition coefficient (Wildman–Crippen LogP) is 2.90. The number of piperidine rings is 1. The topological polar surface area (TPSA) is 100 Å². The van der Waals surface area contributed by atoms with E-state index in [1.54, 1.807) is 19.1 Å². The average Bonchev–Trinajstić information content (AvgIpc) is 2.82. The number of nitrogens with two attached hydrogens (primary N) is 1. The van der Waals surface area contributed by atoms with Crippen molar-refractivity contribution < 1.29 is 22.8 Å². The van der Waals surface area contributed by atoms with Crippen LogP contribution in [0.5, 0.6) is 0 Å². The highest BCUT2D eigenvalue weighted by Gasteiger charge is 2.31. The number of rotatable bonds is 8. The molecule has 1 aromatic heterocycles. The fourth-order valence-electron chi connectivity index (χ4n) is 3.94. The number of anilines is 1. The van der Waals surface area contributed by atoms with Gasteiger partial charge in [-0.05, 0) is 56.1 Å². The number of aromatic nitrogens is 1. The molecule has 1 unspecified atom stereocenters. The molecule has 1 aromatic carbocycles. The van der Waals surface area contributed by atoms with Crippen LogP contribution in [0.3, 0.4) is 0 Å². The number of hydrogen-bond acceptors (Lipinski definition) is 5. The molecule has 1 fully saturated rings. The van der Waals surface area contributed by atoms with Gasteiger partial charge >= 0.3 is 6.18 Å². The van der Waals surface area contributed by atoms with Crippen molar-refractivity contribution >= 4 is 17.6 Å². The quantitative estimate of drug-likeness (QED) is 0.543. The number of nitrogen functional groups attached to an aromatic ring is 1. The molecule has 0 saturated carbocycles. The molecule has 7 nitrogen and oxygen atoms in total. The van der Waals surface area contributed by atoms with Crippen LogP contribution >= 0.6 is 0 Å². The summed E-state index contributed by atoms with van der Waals surface area (Å²) >= 11 is 0. The molecule has 3 rings (SSSR count). The zero-order valence-electron chi connectivity index (χ0n) is 19.1. The van der Waals surface area contributed by atoms with Crippen LogP contribution in [0.25, 0.3) is 0 Å². The summed E-state index contributed by atoms with van der Waals surface area (Å²) in [6.07, 6.45) is 0.0682. The van der Waals surface area contributed by atoms with Crippen LogP contribution in [0.1, 0.15) is 42.9 Å². The van der Waals surface area contributed by atoms with Crippen molar-refractivity contribution in [1.82, 2.24) is 20.5 Å². The summed E-state index contributed by atoms with van der Waals surface area (Å²) in [6.45, 7) is 3.51. The molecule has 0 radical (unpaired) electrons. The first-order chi connectivity index (χ1) is 16.1. The Balaban J connectivity index is 1.73. The lowest BCUT2D eigenvalue weighted by molar-refractivity contribution is -0.137. The fraction of sp³-hybridized carbons (Fsp3) is 0.458. The Kier molecular flexibility index (Phi) is 8.49. The molecular formula is C24H30F3N5O2. The van der Waals surface area contributed by atoms with Gasteiger partial charge in [0.2, 0.25) is 11.8 Å². The molecule has 10 heteroatoms. The summed E-state index contributed by atoms with van der Waals surface area (Å²) in [6, 6.07) is 6.62. The Bertz CT molecular complexity index is 975. The third-order valence-corrected chi connectivity index (χ3v) is 5.96. The van der Waals surface area contributed by atoms with Crippen LogP contribution < -0.4 is 16.4 Å². The minimum atomic E-state index is -4.50. The van der Waals surface area contributed by atoms with Gasteiger partial charge in [0.1, 0.15) is 11.9 Å². The number of alkyl halides is 3. The number of amides is 2. The maximum atomic E-state index is 13.2. The van der Waals surface area contributed by atoms with Crippen molar-refractivity contribution in [3.8, 4) is 0 Å². The number of nitrogens with one attached hydrogen (secondary N) is 2. The first-order valence-corrected chi connectivity index (χ1v) is 11.3. The molecule has 1 aliphatic rings. The van der Waals surface area contributed by atoms with Gasteiger partial charge in [0.25, 0.3) is 0 Å². The van der Waals surface area contributed by atoms with Crippen molar-refractivity contribution in [3.05, 3.63) is 59.3 Å². The van der Waals surface area contributed by atoms with Crippen molar-refractivity contribution in [2.24, 2.45) is 0 Å². The number of carbonyl (C=O) groups is 2. The van der Waals surface area contributed by atoms with E-state index in [0.717, 1.165) is 44.5 Å². The monoisotopic (exact) mass is 477 g/mol. The van der Waals surface area contributed by atoms with Crippen LogP contribution in [0.4, 0.5) is 19.0 Å². The van der Waals surface area contributed by atoms with E-state index in [4.69, 9.17) is 5.73 Å². The van der Waals surface area contributed by atoms with Crippen LogP contribution in [-0.2, 0) is 28.7 Å². The Labute approximate surface area is 196 Å². The maximum absolute atomic E-state index is 13.2. The van der Waals surface area contributed by atoms with E-state index < -0.39 is 29.7 Å². The molecule has 2 amide bonds. The summed E-state index contributed by atoms with van der Waals surface area (Å²) in [7, 11) is 0. The molecule has 0 spiro atoms. The Morgan fingerprint density at radius 1 is 1.09 bits per heavy atom. The second kappa shape index (κ2) is 11.3. The Morgan fingerprint density at radius 3 is 2.47 bits per heavy atom. The molecule has 0 bridgehead atoms. The lowest BCUT2D eigenvalue weighted by Gasteiger charge is -2.32. The number of benzene rings is 1. The first kappa shape index (κ1) is 25.5. The lowest BCUT2D eigenvalue weighted by Crippen LogP contribution is -2.54. The standard InChI is InChI=1S/C24H30F3N5O2/c1-16(32-10-3-2-4-11-32)22(33)31-20(13-17-6-5-7-19(12-17)24(25,26)27)23(34)30-15-18-8-9-21(28)29-14-18/h5-9,12,14,16,20H,2-4,10-11,13,15H2,1H3,(H2,28,29)(H,30,34)(H,31,33)/t16?,20-/m0/s1. The number of hydrogen-bond donors (Lipinski definition) is 3. The molecular weight excluding hydrogens is 447 g/mol. The van der Waals surface area contributed by atoms with Gasteiger partial charge in [-0.2, -0.15) is 13.2 Å². The van der Waals surface area contributed by atoms with Crippen molar-refractivity contribution in [2.45, 2.75) is 57.4 Å². The number of carbonyl (C=O) groups excluding carboxylic acids is 2. The highest BCUT2D eigenvalue weighted by atomic mass is 19.4. The zero-order chi connectivity index (χ0) is 24.7. The van der Waals surface area contributed by atoms with E-state index in [1.807, 2.05) is 0 Å². The van der Waals surface area contributed by atoms with Gasteiger partial charge in [0.05, 0.1) is 11.6 Å². The summed E-state index contributed by atoms with van der Waals surface area (Å²) in [5.41, 5.74) is 5.78. The van der Waals surface area contributed by atoms with Gasteiger partial charge in [-0.1, -0.05) is 30.7 Å². The molecule has 1 aliphatic heterocycles. The minimum Gasteiger partial charge on any atom is -0.384 e. The van der Waals surface area contributed by atoms with Crippen molar-refractivity contribution in [2.75, 3.05) is 18.8 Å². The third-order valence-electron chi connectivity index (χ3n) is 5.96. The summed E-state index contributed by atoms with van der Waals surface area (Å²) < 4.78 is 39.5. The number of halogens is 3. The van der Waals surface area contributed by atoms with E-state index >= 15 is 0 Å². The normalized spacial score (nSPS) is 16.5. The van der Waals surface area contributed by atoms with Crippen LogP contribution in [-0.4, -0.2) is 46.9 Å². The van der Waals surface area contributed by atoms with Crippen molar-refractivity contribution in [3.63, 3.8) is 0 Å². The molecule has 2 heterocycles. The number of nitrogens with zero attached hydrogens (tertiary/aromatic N) is 2. The summed E-state index contributed by atoms with van der Waals surface area (Å²) in [5.74, 6) is -0.479. The SMILES string of the molecule is CC(C(=O)N[C@@H](Cc1cccc(C(F)(F)F)c1)C(=O)NCc1ccc(N)nc1)N1CCCCC1. The van der Waals surface area contributed by atoms with E-state index in [1.165, 1.54) is 18.3 Å². The van der Waals surface area contributed by atoms with Crippen LogP contribution in [0.2, 0.25) is 0 Å². The van der Waals surface area contributed by atoms with Gasteiger partial charge < -0.3 is 16.4 Å². The summed E-state index contributed by atoms with van der Waals surface area (Å²) in [5, 5.41) is 5.49. The van der Waals surface area contributed by atoms with Crippen LogP contribution in [0, 0.1) is 0 Å². The van der Waals surface area contributed by atoms with Gasteiger partial charge in [0, 0.05) is 19.2 Å². The second-order valence-corrected chi connectivity index (χ2v) is 8.55. The molecule has 4 N–H and O–H groups in total. The lowest BCUT2D eigenvalue weighted by atomic mass is 10.0. The largest absolute Gasteiger partial charge is 0.416 e. The molecule has 34 heavy (non-hydrogen) atoms. The second-order valence-electron chi connectivity index (χ2n) is 8.55. The molecule has 0 aliphatic carbocycles. The fourth-order valence-corrected chi connectivity index (χ4v) is 3.94. The van der Waals surface area contributed by atoms with E-state index in [0.29, 0.717) is 16.9 Å². The minimum absolute atomic E-state index is 0.0752. The van der Waals surface area contributed by atoms with Crippen LogP contribution in [0.15, 0.2) is 42.6 Å². The smallest absolute Gasteiger partial charge is 0.384 e. The average molecular weight is 478 g/mol. The van der Waals surface area contributed by atoms with E-state index in [9.17, 15) is 22.8 Å². The summed E-state index contributed by atoms with van der Waals surface area (Å²) in [4.78, 5) is 32.0. The number of likely N-dealkylation sites (tertiary alicyclic amines) is 1.